The molecule has 1 nitrogen and oxygen atoms in total. The highest BCUT2D eigenvalue weighted by atomic mass is 16.3. The second-order valence-corrected chi connectivity index (χ2v) is 3.10. The van der Waals surface area contributed by atoms with Crippen LogP contribution in [0.5, 0.6) is 0 Å². The van der Waals surface area contributed by atoms with Crippen LogP contribution in [0.25, 0.3) is 0 Å². The first kappa shape index (κ1) is 6.66. The van der Waals surface area contributed by atoms with E-state index in [0.29, 0.717) is 23.5 Å². The molecule has 0 saturated heterocycles. The SMILES string of the molecule is C[C@H]1[C@@H](C)C=C(O)[C@@H]1C. The molecule has 0 heterocycles. The van der Waals surface area contributed by atoms with Crippen molar-refractivity contribution in [3.8, 4) is 0 Å². The molecule has 52 valence electrons. The van der Waals surface area contributed by atoms with E-state index >= 15 is 0 Å². The lowest BCUT2D eigenvalue weighted by Crippen LogP contribution is -2.07. The highest BCUT2D eigenvalue weighted by molar-refractivity contribution is 5.08. The monoisotopic (exact) mass is 126 g/mol. The average molecular weight is 126 g/mol. The first-order valence-corrected chi connectivity index (χ1v) is 3.53. The summed E-state index contributed by atoms with van der Waals surface area (Å²) in [6.07, 6.45) is 1.95. The normalized spacial score (nSPS) is 43.0. The van der Waals surface area contributed by atoms with Crippen LogP contribution in [-0.4, -0.2) is 5.11 Å². The van der Waals surface area contributed by atoms with Crippen LogP contribution in [0.15, 0.2) is 11.8 Å². The molecular formula is C8H14O. The number of hydrogen-bond donors (Lipinski definition) is 1. The molecule has 1 N–H and O–H groups in total. The van der Waals surface area contributed by atoms with E-state index in [2.05, 4.69) is 20.8 Å². The second kappa shape index (κ2) is 2.05. The Balaban J connectivity index is 2.70. The van der Waals surface area contributed by atoms with E-state index in [1.54, 1.807) is 0 Å². The van der Waals surface area contributed by atoms with Gasteiger partial charge in [0.05, 0.1) is 5.76 Å². The third-order valence-corrected chi connectivity index (χ3v) is 2.52. The van der Waals surface area contributed by atoms with Gasteiger partial charge >= 0.3 is 0 Å². The van der Waals surface area contributed by atoms with Crippen LogP contribution in [0.4, 0.5) is 0 Å². The van der Waals surface area contributed by atoms with Gasteiger partial charge in [-0.15, -0.1) is 0 Å². The molecule has 9 heavy (non-hydrogen) atoms. The van der Waals surface area contributed by atoms with Crippen molar-refractivity contribution in [2.75, 3.05) is 0 Å². The molecular weight excluding hydrogens is 112 g/mol. The summed E-state index contributed by atoms with van der Waals surface area (Å²) >= 11 is 0. The Hall–Kier alpha value is -0.460. The van der Waals surface area contributed by atoms with Crippen LogP contribution < -0.4 is 0 Å². The molecule has 0 aromatic carbocycles. The van der Waals surface area contributed by atoms with Crippen LogP contribution in [0.1, 0.15) is 20.8 Å². The van der Waals surface area contributed by atoms with E-state index in [1.165, 1.54) is 0 Å². The maximum absolute atomic E-state index is 9.20. The summed E-state index contributed by atoms with van der Waals surface area (Å²) in [5.41, 5.74) is 0. The van der Waals surface area contributed by atoms with Crippen LogP contribution in [-0.2, 0) is 0 Å². The van der Waals surface area contributed by atoms with Crippen molar-refractivity contribution in [2.45, 2.75) is 20.8 Å². The third kappa shape index (κ3) is 0.958. The molecule has 1 rings (SSSR count). The van der Waals surface area contributed by atoms with Gasteiger partial charge in [0.1, 0.15) is 0 Å². The molecule has 0 aromatic heterocycles. The second-order valence-electron chi connectivity index (χ2n) is 3.10. The molecule has 0 aromatic rings. The quantitative estimate of drug-likeness (QED) is 0.528. The molecule has 0 unspecified atom stereocenters. The van der Waals surface area contributed by atoms with Gasteiger partial charge in [0.15, 0.2) is 0 Å². The molecule has 0 fully saturated rings. The van der Waals surface area contributed by atoms with Gasteiger partial charge < -0.3 is 5.11 Å². The highest BCUT2D eigenvalue weighted by Crippen LogP contribution is 2.33. The summed E-state index contributed by atoms with van der Waals surface area (Å²) in [5.74, 6) is 2.12. The molecule has 0 aliphatic heterocycles. The number of rotatable bonds is 0. The fraction of sp³-hybridized carbons (Fsp3) is 0.750. The number of hydrogen-bond acceptors (Lipinski definition) is 1. The summed E-state index contributed by atoms with van der Waals surface area (Å²) in [4.78, 5) is 0. The van der Waals surface area contributed by atoms with E-state index in [9.17, 15) is 5.11 Å². The number of aliphatic hydroxyl groups is 1. The molecule has 1 aliphatic carbocycles. The van der Waals surface area contributed by atoms with Gasteiger partial charge in [-0.05, 0) is 17.9 Å². The van der Waals surface area contributed by atoms with Crippen molar-refractivity contribution in [2.24, 2.45) is 17.8 Å². The lowest BCUT2D eigenvalue weighted by atomic mass is 9.92. The Morgan fingerprint density at radius 1 is 1.33 bits per heavy atom. The minimum atomic E-state index is 0.375. The number of allylic oxidation sites excluding steroid dienone is 2. The molecule has 0 saturated carbocycles. The zero-order valence-corrected chi connectivity index (χ0v) is 6.26. The Labute approximate surface area is 56.4 Å². The zero-order valence-electron chi connectivity index (χ0n) is 6.26. The standard InChI is InChI=1S/C8H14O/c1-5-4-8(9)7(3)6(5)2/h4-7,9H,1-3H3/t5-,6-,7+/m0/s1. The molecule has 1 aliphatic rings. The van der Waals surface area contributed by atoms with Gasteiger partial charge in [0.25, 0.3) is 0 Å². The topological polar surface area (TPSA) is 20.2 Å². The van der Waals surface area contributed by atoms with Crippen molar-refractivity contribution in [1.82, 2.24) is 0 Å². The summed E-state index contributed by atoms with van der Waals surface area (Å²) in [7, 11) is 0. The fourth-order valence-electron chi connectivity index (χ4n) is 1.30. The zero-order chi connectivity index (χ0) is 7.02. The summed E-state index contributed by atoms with van der Waals surface area (Å²) < 4.78 is 0. The van der Waals surface area contributed by atoms with E-state index < -0.39 is 0 Å². The minimum Gasteiger partial charge on any atom is -0.512 e. The first-order valence-electron chi connectivity index (χ1n) is 3.53. The molecule has 3 atom stereocenters. The van der Waals surface area contributed by atoms with Crippen molar-refractivity contribution in [3.05, 3.63) is 11.8 Å². The first-order chi connectivity index (χ1) is 4.13. The van der Waals surface area contributed by atoms with Crippen LogP contribution in [0, 0.1) is 17.8 Å². The van der Waals surface area contributed by atoms with Crippen LogP contribution in [0.3, 0.4) is 0 Å². The maximum atomic E-state index is 9.20. The van der Waals surface area contributed by atoms with Crippen LogP contribution >= 0.6 is 0 Å². The lowest BCUT2D eigenvalue weighted by Gasteiger charge is -2.13. The average Bonchev–Trinajstić information content (AvgIpc) is 1.98. The molecule has 0 amide bonds. The van der Waals surface area contributed by atoms with Crippen molar-refractivity contribution in [1.29, 1.82) is 0 Å². The molecule has 1 heteroatoms. The summed E-state index contributed by atoms with van der Waals surface area (Å²) in [5, 5.41) is 9.20. The Bertz CT molecular complexity index is 138. The van der Waals surface area contributed by atoms with E-state index in [1.807, 2.05) is 6.08 Å². The smallest absolute Gasteiger partial charge is 0.0916 e. The minimum absolute atomic E-state index is 0.375. The molecule has 0 radical (unpaired) electrons. The fourth-order valence-corrected chi connectivity index (χ4v) is 1.30. The van der Waals surface area contributed by atoms with Crippen molar-refractivity contribution < 1.29 is 5.11 Å². The predicted molar refractivity (Wildman–Crippen MR) is 38.2 cm³/mol. The van der Waals surface area contributed by atoms with Crippen LogP contribution in [0.2, 0.25) is 0 Å². The number of aliphatic hydroxyl groups excluding tert-OH is 1. The third-order valence-electron chi connectivity index (χ3n) is 2.52. The molecule has 0 spiro atoms. The summed E-state index contributed by atoms with van der Waals surface area (Å²) in [6.45, 7) is 6.39. The Kier molecular flexibility index (Phi) is 1.52. The van der Waals surface area contributed by atoms with Gasteiger partial charge in [0, 0.05) is 5.92 Å². The van der Waals surface area contributed by atoms with Gasteiger partial charge in [0.2, 0.25) is 0 Å². The van der Waals surface area contributed by atoms with Gasteiger partial charge in [-0.1, -0.05) is 20.8 Å². The summed E-state index contributed by atoms with van der Waals surface area (Å²) in [6, 6.07) is 0. The van der Waals surface area contributed by atoms with Gasteiger partial charge in [-0.25, -0.2) is 0 Å². The largest absolute Gasteiger partial charge is 0.512 e. The van der Waals surface area contributed by atoms with Gasteiger partial charge in [-0.2, -0.15) is 0 Å². The lowest BCUT2D eigenvalue weighted by molar-refractivity contribution is 0.299. The van der Waals surface area contributed by atoms with E-state index in [0.717, 1.165) is 0 Å². The van der Waals surface area contributed by atoms with Crippen molar-refractivity contribution in [3.63, 3.8) is 0 Å². The maximum Gasteiger partial charge on any atom is 0.0916 e. The molecule has 0 bridgehead atoms. The highest BCUT2D eigenvalue weighted by Gasteiger charge is 2.27. The van der Waals surface area contributed by atoms with Gasteiger partial charge in [-0.3, -0.25) is 0 Å². The van der Waals surface area contributed by atoms with E-state index in [4.69, 9.17) is 0 Å². The Morgan fingerprint density at radius 2 is 1.89 bits per heavy atom. The van der Waals surface area contributed by atoms with Crippen molar-refractivity contribution >= 4 is 0 Å². The Morgan fingerprint density at radius 3 is 2.00 bits per heavy atom. The predicted octanol–water partition coefficient (Wildman–Crippen LogP) is 2.35. The van der Waals surface area contributed by atoms with E-state index in [-0.39, 0.29) is 0 Å².